The number of carbonyl (C=O) groups is 1. The number of guanidine groups is 1. The molecule has 0 aliphatic carbocycles. The molecule has 1 fully saturated rings. The Morgan fingerprint density at radius 3 is 2.83 bits per heavy atom. The first kappa shape index (κ1) is 19.7. The van der Waals surface area contributed by atoms with E-state index in [1.54, 1.807) is 0 Å². The molecule has 23 heavy (non-hydrogen) atoms. The SMILES string of the molecule is CCCC(=O)Nc1cccc(CN=C(N)N2CCOCC2)c1.I. The molecule has 7 heteroatoms. The van der Waals surface area contributed by atoms with Crippen molar-refractivity contribution >= 4 is 41.5 Å². The molecule has 0 bridgehead atoms. The summed E-state index contributed by atoms with van der Waals surface area (Å²) in [5.74, 6) is 0.583. The number of hydrogen-bond donors (Lipinski definition) is 2. The molecule has 0 saturated carbocycles. The number of nitrogens with zero attached hydrogens (tertiary/aromatic N) is 2. The quantitative estimate of drug-likeness (QED) is 0.425. The van der Waals surface area contributed by atoms with Gasteiger partial charge in [0.1, 0.15) is 0 Å². The van der Waals surface area contributed by atoms with Gasteiger partial charge >= 0.3 is 0 Å². The molecule has 0 spiro atoms. The zero-order chi connectivity index (χ0) is 15.8. The third-order valence-electron chi connectivity index (χ3n) is 3.45. The molecule has 3 N–H and O–H groups in total. The number of nitrogens with one attached hydrogen (secondary N) is 1. The van der Waals surface area contributed by atoms with Crippen LogP contribution in [0.25, 0.3) is 0 Å². The molecule has 0 unspecified atom stereocenters. The Bertz CT molecular complexity index is 531. The van der Waals surface area contributed by atoms with Gasteiger partial charge in [0.25, 0.3) is 0 Å². The Balaban J connectivity index is 0.00000264. The number of morpholine rings is 1. The minimum Gasteiger partial charge on any atom is -0.378 e. The van der Waals surface area contributed by atoms with Crippen LogP contribution >= 0.6 is 24.0 Å². The lowest BCUT2D eigenvalue weighted by Gasteiger charge is -2.27. The van der Waals surface area contributed by atoms with Crippen LogP contribution in [0, 0.1) is 0 Å². The summed E-state index contributed by atoms with van der Waals surface area (Å²) in [7, 11) is 0. The van der Waals surface area contributed by atoms with Gasteiger partial charge in [0, 0.05) is 25.2 Å². The fourth-order valence-corrected chi connectivity index (χ4v) is 2.26. The Kier molecular flexibility index (Phi) is 8.93. The summed E-state index contributed by atoms with van der Waals surface area (Å²) >= 11 is 0. The summed E-state index contributed by atoms with van der Waals surface area (Å²) in [6.07, 6.45) is 1.37. The van der Waals surface area contributed by atoms with E-state index in [9.17, 15) is 4.79 Å². The van der Waals surface area contributed by atoms with Gasteiger partial charge in [-0.2, -0.15) is 0 Å². The van der Waals surface area contributed by atoms with E-state index in [0.29, 0.717) is 32.1 Å². The van der Waals surface area contributed by atoms with Crippen LogP contribution in [0.5, 0.6) is 0 Å². The van der Waals surface area contributed by atoms with E-state index < -0.39 is 0 Å². The summed E-state index contributed by atoms with van der Waals surface area (Å²) in [6, 6.07) is 7.71. The van der Waals surface area contributed by atoms with Crippen molar-refractivity contribution in [2.24, 2.45) is 10.7 Å². The predicted molar refractivity (Wildman–Crippen MR) is 103 cm³/mol. The number of benzene rings is 1. The van der Waals surface area contributed by atoms with Crippen molar-refractivity contribution < 1.29 is 9.53 Å². The Morgan fingerprint density at radius 2 is 2.13 bits per heavy atom. The number of ether oxygens (including phenoxy) is 1. The lowest BCUT2D eigenvalue weighted by atomic mass is 10.2. The zero-order valence-corrected chi connectivity index (χ0v) is 15.8. The molecule has 2 rings (SSSR count). The van der Waals surface area contributed by atoms with E-state index in [1.165, 1.54) is 0 Å². The Labute approximate surface area is 154 Å². The van der Waals surface area contributed by atoms with E-state index in [1.807, 2.05) is 36.1 Å². The summed E-state index contributed by atoms with van der Waals surface area (Å²) in [4.78, 5) is 18.1. The van der Waals surface area contributed by atoms with Crippen LogP contribution in [0.1, 0.15) is 25.3 Å². The highest BCUT2D eigenvalue weighted by Crippen LogP contribution is 2.12. The predicted octanol–water partition coefficient (Wildman–Crippen LogP) is 2.19. The second-order valence-electron chi connectivity index (χ2n) is 5.27. The fourth-order valence-electron chi connectivity index (χ4n) is 2.26. The molecule has 1 saturated heterocycles. The Hall–Kier alpha value is -1.35. The monoisotopic (exact) mass is 432 g/mol. The molecule has 6 nitrogen and oxygen atoms in total. The average molecular weight is 432 g/mol. The van der Waals surface area contributed by atoms with Crippen LogP contribution in [0.4, 0.5) is 5.69 Å². The second kappa shape index (κ2) is 10.4. The van der Waals surface area contributed by atoms with Gasteiger partial charge in [0.05, 0.1) is 19.8 Å². The largest absolute Gasteiger partial charge is 0.378 e. The first-order valence-electron chi connectivity index (χ1n) is 7.70. The molecule has 128 valence electrons. The standard InChI is InChI=1S/C16H24N4O2.HI/c1-2-4-15(21)19-14-6-3-5-13(11-14)12-18-16(17)20-7-9-22-10-8-20;/h3,5-6,11H,2,4,7-10,12H2,1H3,(H2,17,18)(H,19,21);1H. The summed E-state index contributed by atoms with van der Waals surface area (Å²) in [6.45, 7) is 5.43. The van der Waals surface area contributed by atoms with Gasteiger partial charge in [-0.25, -0.2) is 4.99 Å². The van der Waals surface area contributed by atoms with E-state index in [4.69, 9.17) is 10.5 Å². The van der Waals surface area contributed by atoms with Gasteiger partial charge in [0.15, 0.2) is 5.96 Å². The third-order valence-corrected chi connectivity index (χ3v) is 3.45. The zero-order valence-electron chi connectivity index (χ0n) is 13.5. The van der Waals surface area contributed by atoms with Crippen molar-refractivity contribution in [3.63, 3.8) is 0 Å². The number of hydrogen-bond acceptors (Lipinski definition) is 3. The molecule has 1 aromatic carbocycles. The van der Waals surface area contributed by atoms with Gasteiger partial charge in [-0.05, 0) is 24.1 Å². The lowest BCUT2D eigenvalue weighted by Crippen LogP contribution is -2.44. The van der Waals surface area contributed by atoms with E-state index in [0.717, 1.165) is 30.8 Å². The number of anilines is 1. The molecule has 0 aromatic heterocycles. The summed E-state index contributed by atoms with van der Waals surface area (Å²) in [5, 5.41) is 2.89. The van der Waals surface area contributed by atoms with E-state index >= 15 is 0 Å². The molecular formula is C16H25IN4O2. The number of halogens is 1. The minimum absolute atomic E-state index is 0. The van der Waals surface area contributed by atoms with Gasteiger partial charge in [0.2, 0.25) is 5.91 Å². The van der Waals surface area contributed by atoms with Crippen molar-refractivity contribution in [1.29, 1.82) is 0 Å². The van der Waals surface area contributed by atoms with Crippen molar-refractivity contribution in [3.05, 3.63) is 29.8 Å². The fraction of sp³-hybridized carbons (Fsp3) is 0.500. The van der Waals surface area contributed by atoms with Gasteiger partial charge in [-0.1, -0.05) is 19.1 Å². The molecule has 1 aliphatic rings. The Morgan fingerprint density at radius 1 is 1.39 bits per heavy atom. The number of nitrogens with two attached hydrogens (primary N) is 1. The number of aliphatic imine (C=N–C) groups is 1. The number of carbonyl (C=O) groups excluding carboxylic acids is 1. The van der Waals surface area contributed by atoms with Gasteiger partial charge in [-0.15, -0.1) is 24.0 Å². The lowest BCUT2D eigenvalue weighted by molar-refractivity contribution is -0.116. The number of rotatable bonds is 5. The maximum absolute atomic E-state index is 11.6. The van der Waals surface area contributed by atoms with Crippen LogP contribution in [0.15, 0.2) is 29.3 Å². The summed E-state index contributed by atoms with van der Waals surface area (Å²) in [5.41, 5.74) is 7.83. The van der Waals surface area contributed by atoms with E-state index in [2.05, 4.69) is 10.3 Å². The van der Waals surface area contributed by atoms with Crippen LogP contribution in [0.2, 0.25) is 0 Å². The molecule has 1 aromatic rings. The molecular weight excluding hydrogens is 407 g/mol. The molecule has 0 atom stereocenters. The normalized spacial score (nSPS) is 15.0. The van der Waals surface area contributed by atoms with Crippen molar-refractivity contribution in [2.45, 2.75) is 26.3 Å². The minimum atomic E-state index is 0. The molecule has 1 heterocycles. The smallest absolute Gasteiger partial charge is 0.224 e. The maximum Gasteiger partial charge on any atom is 0.224 e. The molecule has 0 radical (unpaired) electrons. The van der Waals surface area contributed by atoms with Crippen LogP contribution in [0.3, 0.4) is 0 Å². The maximum atomic E-state index is 11.6. The molecule has 1 amide bonds. The highest BCUT2D eigenvalue weighted by atomic mass is 127. The van der Waals surface area contributed by atoms with Crippen molar-refractivity contribution in [3.8, 4) is 0 Å². The second-order valence-corrected chi connectivity index (χ2v) is 5.27. The van der Waals surface area contributed by atoms with Gasteiger partial charge in [-0.3, -0.25) is 4.79 Å². The highest BCUT2D eigenvalue weighted by molar-refractivity contribution is 14.0. The van der Waals surface area contributed by atoms with Crippen molar-refractivity contribution in [1.82, 2.24) is 4.90 Å². The van der Waals surface area contributed by atoms with Crippen LogP contribution in [-0.4, -0.2) is 43.1 Å². The van der Waals surface area contributed by atoms with Gasteiger partial charge < -0.3 is 20.7 Å². The average Bonchev–Trinajstić information content (AvgIpc) is 2.54. The topological polar surface area (TPSA) is 80.0 Å². The van der Waals surface area contributed by atoms with Crippen LogP contribution < -0.4 is 11.1 Å². The molecule has 1 aliphatic heterocycles. The summed E-state index contributed by atoms with van der Waals surface area (Å²) < 4.78 is 5.29. The first-order chi connectivity index (χ1) is 10.7. The number of amides is 1. The van der Waals surface area contributed by atoms with Crippen molar-refractivity contribution in [2.75, 3.05) is 31.6 Å². The van der Waals surface area contributed by atoms with Crippen LogP contribution in [-0.2, 0) is 16.1 Å². The third kappa shape index (κ3) is 6.74. The highest BCUT2D eigenvalue weighted by Gasteiger charge is 2.11. The first-order valence-corrected chi connectivity index (χ1v) is 7.70. The van der Waals surface area contributed by atoms with E-state index in [-0.39, 0.29) is 29.9 Å².